The van der Waals surface area contributed by atoms with Crippen LogP contribution >= 0.6 is 23.2 Å². The summed E-state index contributed by atoms with van der Waals surface area (Å²) in [6.45, 7) is 6.19. The molecule has 128 valence electrons. The highest BCUT2D eigenvalue weighted by Gasteiger charge is 2.17. The van der Waals surface area contributed by atoms with E-state index in [4.69, 9.17) is 23.2 Å². The lowest BCUT2D eigenvalue weighted by Crippen LogP contribution is -2.19. The van der Waals surface area contributed by atoms with Crippen LogP contribution in [0.1, 0.15) is 31.9 Å². The Morgan fingerprint density at radius 2 is 1.54 bits per heavy atom. The molecule has 0 saturated heterocycles. The van der Waals surface area contributed by atoms with E-state index in [1.807, 2.05) is 0 Å². The molecule has 0 aromatic heterocycles. The molecule has 0 bridgehead atoms. The van der Waals surface area contributed by atoms with Crippen molar-refractivity contribution in [2.45, 2.75) is 31.1 Å². The van der Waals surface area contributed by atoms with Crippen molar-refractivity contribution in [3.05, 3.63) is 63.6 Å². The molecule has 4 nitrogen and oxygen atoms in total. The first-order valence-corrected chi connectivity index (χ1v) is 9.44. The highest BCUT2D eigenvalue weighted by Crippen LogP contribution is 2.24. The van der Waals surface area contributed by atoms with Gasteiger partial charge in [0.15, 0.2) is 0 Å². The number of rotatable bonds is 4. The van der Waals surface area contributed by atoms with Gasteiger partial charge in [0.1, 0.15) is 0 Å². The molecule has 1 N–H and O–H groups in total. The average Bonchev–Trinajstić information content (AvgIpc) is 2.49. The number of nitrogens with one attached hydrogen (secondary N) is 1. The molecule has 0 aliphatic heterocycles. The topological polar surface area (TPSA) is 58.5 Å². The Labute approximate surface area is 152 Å². The van der Waals surface area contributed by atoms with E-state index in [2.05, 4.69) is 30.7 Å². The first-order chi connectivity index (χ1) is 11.1. The standard InChI is InChI=1S/C17H18Cl2N2O2S/c1-17(2,3)12-7-9-13(10-8-12)24(22,23)21-20-11-14-15(18)5-4-6-16(14)19/h4-11,21H,1-3H3. The Hall–Kier alpha value is -1.56. The number of hydrogen-bond acceptors (Lipinski definition) is 3. The highest BCUT2D eigenvalue weighted by molar-refractivity contribution is 7.89. The van der Waals surface area contributed by atoms with Gasteiger partial charge in [0.2, 0.25) is 0 Å². The summed E-state index contributed by atoms with van der Waals surface area (Å²) in [6.07, 6.45) is 1.28. The molecule has 0 unspecified atom stereocenters. The fourth-order valence-electron chi connectivity index (χ4n) is 1.98. The lowest BCUT2D eigenvalue weighted by molar-refractivity contribution is 0.580. The minimum Gasteiger partial charge on any atom is -0.200 e. The lowest BCUT2D eigenvalue weighted by atomic mass is 9.87. The van der Waals surface area contributed by atoms with Gasteiger partial charge in [-0.1, -0.05) is 62.2 Å². The predicted octanol–water partition coefficient (Wildman–Crippen LogP) is 4.60. The number of halogens is 2. The van der Waals surface area contributed by atoms with Crippen molar-refractivity contribution >= 4 is 39.4 Å². The summed E-state index contributed by atoms with van der Waals surface area (Å²) in [5.74, 6) is 0. The molecule has 0 amide bonds. The molecule has 0 radical (unpaired) electrons. The largest absolute Gasteiger partial charge is 0.276 e. The monoisotopic (exact) mass is 384 g/mol. The predicted molar refractivity (Wildman–Crippen MR) is 99.5 cm³/mol. The van der Waals surface area contributed by atoms with E-state index >= 15 is 0 Å². The van der Waals surface area contributed by atoms with Crippen molar-refractivity contribution in [2.24, 2.45) is 5.10 Å². The van der Waals surface area contributed by atoms with Crippen molar-refractivity contribution in [3.63, 3.8) is 0 Å². The molecule has 0 heterocycles. The van der Waals surface area contributed by atoms with Gasteiger partial charge in [-0.3, -0.25) is 0 Å². The van der Waals surface area contributed by atoms with Gasteiger partial charge >= 0.3 is 0 Å². The van der Waals surface area contributed by atoms with E-state index in [-0.39, 0.29) is 10.3 Å². The molecule has 7 heteroatoms. The molecule has 2 rings (SSSR count). The Bertz CT molecular complexity index is 835. The first kappa shape index (κ1) is 18.8. The Balaban J connectivity index is 2.18. The molecular weight excluding hydrogens is 367 g/mol. The third kappa shape index (κ3) is 4.50. The summed E-state index contributed by atoms with van der Waals surface area (Å²) < 4.78 is 24.5. The maximum atomic E-state index is 12.3. The third-order valence-corrected chi connectivity index (χ3v) is 5.29. The minimum atomic E-state index is -3.75. The van der Waals surface area contributed by atoms with E-state index in [1.165, 1.54) is 6.21 Å². The maximum Gasteiger partial charge on any atom is 0.276 e. The number of hydrogen-bond donors (Lipinski definition) is 1. The van der Waals surface area contributed by atoms with Crippen LogP contribution in [0.5, 0.6) is 0 Å². The summed E-state index contributed by atoms with van der Waals surface area (Å²) in [4.78, 5) is 2.30. The molecular formula is C17H18Cl2N2O2S. The second kappa shape index (κ2) is 7.13. The van der Waals surface area contributed by atoms with E-state index in [1.54, 1.807) is 42.5 Å². The normalized spacial score (nSPS) is 12.5. The third-order valence-electron chi connectivity index (χ3n) is 3.40. The molecule has 2 aromatic carbocycles. The van der Waals surface area contributed by atoms with Crippen molar-refractivity contribution in [1.82, 2.24) is 4.83 Å². The quantitative estimate of drug-likeness (QED) is 0.618. The smallest absolute Gasteiger partial charge is 0.200 e. The maximum absolute atomic E-state index is 12.3. The molecule has 0 aliphatic carbocycles. The van der Waals surface area contributed by atoms with Crippen LogP contribution in [0.25, 0.3) is 0 Å². The molecule has 2 aromatic rings. The van der Waals surface area contributed by atoms with Crippen molar-refractivity contribution < 1.29 is 8.42 Å². The number of nitrogens with zero attached hydrogens (tertiary/aromatic N) is 1. The van der Waals surface area contributed by atoms with E-state index < -0.39 is 10.0 Å². The van der Waals surface area contributed by atoms with Crippen LogP contribution in [0.15, 0.2) is 52.5 Å². The Kier molecular flexibility index (Phi) is 5.58. The molecule has 0 saturated carbocycles. The van der Waals surface area contributed by atoms with Crippen LogP contribution in [-0.2, 0) is 15.4 Å². The lowest BCUT2D eigenvalue weighted by Gasteiger charge is -2.19. The van der Waals surface area contributed by atoms with E-state index in [0.29, 0.717) is 15.6 Å². The summed E-state index contributed by atoms with van der Waals surface area (Å²) in [6, 6.07) is 11.7. The van der Waals surface area contributed by atoms with Gasteiger partial charge in [0.05, 0.1) is 21.2 Å². The van der Waals surface area contributed by atoms with Gasteiger partial charge in [-0.15, -0.1) is 0 Å². The minimum absolute atomic E-state index is 0.0469. The average molecular weight is 385 g/mol. The van der Waals surface area contributed by atoms with Gasteiger partial charge in [-0.25, -0.2) is 4.83 Å². The fourth-order valence-corrected chi connectivity index (χ4v) is 3.27. The first-order valence-electron chi connectivity index (χ1n) is 7.21. The SMILES string of the molecule is CC(C)(C)c1ccc(S(=O)(=O)NN=Cc2c(Cl)cccc2Cl)cc1. The second-order valence-electron chi connectivity index (χ2n) is 6.26. The molecule has 0 spiro atoms. The van der Waals surface area contributed by atoms with Gasteiger partial charge in [0.25, 0.3) is 10.0 Å². The number of benzene rings is 2. The summed E-state index contributed by atoms with van der Waals surface area (Å²) in [5.41, 5.74) is 1.45. The Morgan fingerprint density at radius 1 is 1.00 bits per heavy atom. The summed E-state index contributed by atoms with van der Waals surface area (Å²) in [5, 5.41) is 4.53. The van der Waals surface area contributed by atoms with E-state index in [0.717, 1.165) is 5.56 Å². The van der Waals surface area contributed by atoms with Crippen LogP contribution in [0.2, 0.25) is 10.0 Å². The highest BCUT2D eigenvalue weighted by atomic mass is 35.5. The molecule has 0 aliphatic rings. The molecule has 24 heavy (non-hydrogen) atoms. The molecule has 0 atom stereocenters. The zero-order chi connectivity index (χ0) is 18.0. The van der Waals surface area contributed by atoms with Crippen molar-refractivity contribution in [1.29, 1.82) is 0 Å². The van der Waals surface area contributed by atoms with Gasteiger partial charge in [0, 0.05) is 5.56 Å². The van der Waals surface area contributed by atoms with Gasteiger partial charge in [-0.2, -0.15) is 13.5 Å². The van der Waals surface area contributed by atoms with Crippen LogP contribution in [0, 0.1) is 0 Å². The van der Waals surface area contributed by atoms with Crippen LogP contribution in [0.3, 0.4) is 0 Å². The second-order valence-corrected chi connectivity index (χ2v) is 8.74. The fraction of sp³-hybridized carbons (Fsp3) is 0.235. The summed E-state index contributed by atoms with van der Waals surface area (Å²) >= 11 is 12.0. The number of sulfonamides is 1. The van der Waals surface area contributed by atoms with Gasteiger partial charge in [-0.05, 0) is 35.2 Å². The molecule has 0 fully saturated rings. The zero-order valence-corrected chi connectivity index (χ0v) is 15.9. The summed E-state index contributed by atoms with van der Waals surface area (Å²) in [7, 11) is -3.75. The zero-order valence-electron chi connectivity index (χ0n) is 13.5. The van der Waals surface area contributed by atoms with Gasteiger partial charge < -0.3 is 0 Å². The number of hydrazone groups is 1. The van der Waals surface area contributed by atoms with Crippen LogP contribution in [-0.4, -0.2) is 14.6 Å². The van der Waals surface area contributed by atoms with Crippen molar-refractivity contribution in [2.75, 3.05) is 0 Å². The van der Waals surface area contributed by atoms with E-state index in [9.17, 15) is 8.42 Å². The van der Waals surface area contributed by atoms with Crippen molar-refractivity contribution in [3.8, 4) is 0 Å². The van der Waals surface area contributed by atoms with Crippen LogP contribution < -0.4 is 4.83 Å². The van der Waals surface area contributed by atoms with Crippen LogP contribution in [0.4, 0.5) is 0 Å². The Morgan fingerprint density at radius 3 is 2.04 bits per heavy atom.